The van der Waals surface area contributed by atoms with Crippen molar-refractivity contribution in [3.8, 4) is 0 Å². The molecule has 10 heteroatoms. The third-order valence-electron chi connectivity index (χ3n) is 15.9. The lowest BCUT2D eigenvalue weighted by Crippen LogP contribution is -2.37. The van der Waals surface area contributed by atoms with E-state index in [4.69, 9.17) is 18.5 Å². The van der Waals surface area contributed by atoms with Crippen LogP contribution in [-0.2, 0) is 32.7 Å². The minimum Gasteiger partial charge on any atom is -0.756 e. The number of phosphoric ester groups is 1. The van der Waals surface area contributed by atoms with Gasteiger partial charge in [0.15, 0.2) is 6.10 Å². The van der Waals surface area contributed by atoms with Crippen molar-refractivity contribution in [1.29, 1.82) is 0 Å². The van der Waals surface area contributed by atoms with E-state index in [0.717, 1.165) is 148 Å². The Labute approximate surface area is 591 Å². The number of allylic oxidation sites excluding steroid dienone is 30. The summed E-state index contributed by atoms with van der Waals surface area (Å²) in [5.41, 5.74) is 0. The van der Waals surface area contributed by atoms with Crippen molar-refractivity contribution in [3.05, 3.63) is 182 Å². The first-order valence-corrected chi connectivity index (χ1v) is 40.0. The molecule has 0 aromatic rings. The summed E-state index contributed by atoms with van der Waals surface area (Å²) in [5, 5.41) is 0. The maximum atomic E-state index is 12.9. The van der Waals surface area contributed by atoms with Gasteiger partial charge in [0.25, 0.3) is 7.82 Å². The predicted octanol–water partition coefficient (Wildman–Crippen LogP) is 25.2. The average Bonchev–Trinajstić information content (AvgIpc) is 2.74. The number of hydrogen-bond acceptors (Lipinski definition) is 8. The van der Waals surface area contributed by atoms with E-state index >= 15 is 0 Å². The summed E-state index contributed by atoms with van der Waals surface area (Å²) in [6.07, 6.45) is 114. The van der Waals surface area contributed by atoms with E-state index < -0.39 is 26.5 Å². The molecule has 0 aromatic heterocycles. The van der Waals surface area contributed by atoms with Crippen LogP contribution in [0.1, 0.15) is 296 Å². The topological polar surface area (TPSA) is 111 Å². The number of unbranched alkanes of at least 4 members (excludes halogenated alkanes) is 25. The third-order valence-corrected chi connectivity index (χ3v) is 16.9. The molecule has 0 aliphatic carbocycles. The standard InChI is InChI=1S/C86H142NO8P/c1-6-8-10-12-14-16-18-20-22-24-26-28-30-32-34-36-38-40-42-43-45-46-48-50-52-54-56-58-60-62-64-66-68-70-72-74-76-78-85(88)92-82-84(83-94-96(90,91)93-81-80-87(3,4)5)95-86(89)79-77-75-73-71-69-67-65-63-61-59-57-55-53-51-49-47-44-41-39-37-35-33-31-29-27-25-23-21-19-17-15-13-11-9-7-2/h8-11,14-17,20-23,26-29,32-35,38-41,47,49,53,55,59,61,84H,6-7,12-13,18-19,24-25,30-31,36-37,42-46,48,50-52,54,56-58,60,62-83H2,1-5H3/b10-8-,11-9-,16-14-,17-15-,22-20-,23-21-,28-26-,29-27-,34-32-,35-33-,40-38-,41-39-,49-47-,55-53-,61-59-. The molecule has 2 atom stereocenters. The van der Waals surface area contributed by atoms with Crippen LogP contribution in [0.25, 0.3) is 0 Å². The molecule has 9 nitrogen and oxygen atoms in total. The molecular formula is C86H142NO8P. The molecule has 0 N–H and O–H groups in total. The lowest BCUT2D eigenvalue weighted by atomic mass is 10.0. The summed E-state index contributed by atoms with van der Waals surface area (Å²) in [6.45, 7) is 4.00. The zero-order chi connectivity index (χ0) is 69.7. The number of hydrogen-bond donors (Lipinski definition) is 0. The van der Waals surface area contributed by atoms with Gasteiger partial charge >= 0.3 is 11.9 Å². The van der Waals surface area contributed by atoms with Gasteiger partial charge in [-0.05, 0) is 135 Å². The van der Waals surface area contributed by atoms with Gasteiger partial charge in [0.05, 0.1) is 27.7 Å². The Morgan fingerprint density at radius 1 is 0.323 bits per heavy atom. The largest absolute Gasteiger partial charge is 0.756 e. The monoisotopic (exact) mass is 1350 g/mol. The van der Waals surface area contributed by atoms with Crippen molar-refractivity contribution in [3.63, 3.8) is 0 Å². The molecule has 0 bridgehead atoms. The van der Waals surface area contributed by atoms with E-state index in [2.05, 4.69) is 196 Å². The lowest BCUT2D eigenvalue weighted by molar-refractivity contribution is -0.870. The molecule has 0 aliphatic heterocycles. The van der Waals surface area contributed by atoms with E-state index in [1.54, 1.807) is 0 Å². The highest BCUT2D eigenvalue weighted by molar-refractivity contribution is 7.45. The van der Waals surface area contributed by atoms with E-state index in [1.165, 1.54) is 116 Å². The molecule has 0 fully saturated rings. The summed E-state index contributed by atoms with van der Waals surface area (Å²) in [5.74, 6) is -0.849. The van der Waals surface area contributed by atoms with Crippen LogP contribution in [0.5, 0.6) is 0 Å². The Kier molecular flexibility index (Phi) is 70.5. The molecule has 96 heavy (non-hydrogen) atoms. The van der Waals surface area contributed by atoms with Gasteiger partial charge in [-0.25, -0.2) is 0 Å². The van der Waals surface area contributed by atoms with Crippen molar-refractivity contribution in [2.45, 2.75) is 302 Å². The zero-order valence-electron chi connectivity index (χ0n) is 62.0. The van der Waals surface area contributed by atoms with Crippen LogP contribution in [0.15, 0.2) is 182 Å². The summed E-state index contributed by atoms with van der Waals surface area (Å²) in [4.78, 5) is 38.2. The molecule has 0 saturated heterocycles. The van der Waals surface area contributed by atoms with E-state index in [0.29, 0.717) is 17.4 Å². The SMILES string of the molecule is CC/C=C\C/C=C\C/C=C\C/C=C\C/C=C\C/C=C\C/C=C\C/C=C\C/C=C\CCCCCCCCCC(=O)OC(COC(=O)CCCCCCCCCCCCCCCCCCCC/C=C\C/C=C\C/C=C\C/C=C\C/C=C\C/C=C\CC)COP(=O)([O-])OCC[N+](C)(C)C. The molecule has 0 heterocycles. The Morgan fingerprint density at radius 2 is 0.562 bits per heavy atom. The van der Waals surface area contributed by atoms with Gasteiger partial charge in [-0.1, -0.05) is 331 Å². The number of rotatable bonds is 69. The molecular weight excluding hydrogens is 1210 g/mol. The second kappa shape index (κ2) is 74.3. The van der Waals surface area contributed by atoms with Gasteiger partial charge in [0.1, 0.15) is 19.8 Å². The van der Waals surface area contributed by atoms with Gasteiger partial charge in [-0.15, -0.1) is 0 Å². The fourth-order valence-electron chi connectivity index (χ4n) is 10.1. The van der Waals surface area contributed by atoms with E-state index in [1.807, 2.05) is 21.1 Å². The minimum atomic E-state index is -4.66. The Balaban J connectivity index is 4.07. The van der Waals surface area contributed by atoms with Crippen LogP contribution >= 0.6 is 7.82 Å². The quantitative estimate of drug-likeness (QED) is 0.0195. The van der Waals surface area contributed by atoms with E-state index in [-0.39, 0.29) is 32.0 Å². The van der Waals surface area contributed by atoms with Crippen LogP contribution in [-0.4, -0.2) is 70.0 Å². The highest BCUT2D eigenvalue weighted by Crippen LogP contribution is 2.38. The van der Waals surface area contributed by atoms with Crippen molar-refractivity contribution in [1.82, 2.24) is 0 Å². The number of likely N-dealkylation sites (N-methyl/N-ethyl adjacent to an activating group) is 1. The van der Waals surface area contributed by atoms with Crippen molar-refractivity contribution in [2.75, 3.05) is 47.5 Å². The van der Waals surface area contributed by atoms with Crippen LogP contribution in [0.3, 0.4) is 0 Å². The average molecular weight is 1350 g/mol. The van der Waals surface area contributed by atoms with Crippen molar-refractivity contribution in [2.24, 2.45) is 0 Å². The number of carbonyl (C=O) groups excluding carboxylic acids is 2. The summed E-state index contributed by atoms with van der Waals surface area (Å²) >= 11 is 0. The molecule has 544 valence electrons. The number of phosphoric acid groups is 1. The maximum absolute atomic E-state index is 12.9. The van der Waals surface area contributed by atoms with Gasteiger partial charge in [0, 0.05) is 12.8 Å². The number of quaternary nitrogens is 1. The Hall–Kier alpha value is -4.89. The first-order chi connectivity index (χ1) is 47.0. The van der Waals surface area contributed by atoms with Crippen LogP contribution in [0.2, 0.25) is 0 Å². The molecule has 0 aromatic carbocycles. The van der Waals surface area contributed by atoms with Gasteiger partial charge in [0.2, 0.25) is 0 Å². The minimum absolute atomic E-state index is 0.0410. The number of carbonyl (C=O) groups is 2. The maximum Gasteiger partial charge on any atom is 0.306 e. The molecule has 0 spiro atoms. The normalized spacial score (nSPS) is 14.1. The molecule has 0 aliphatic rings. The number of nitrogens with zero attached hydrogens (tertiary/aromatic N) is 1. The fraction of sp³-hybridized carbons (Fsp3) is 0.628. The van der Waals surface area contributed by atoms with Gasteiger partial charge in [-0.3, -0.25) is 14.2 Å². The fourth-order valence-corrected chi connectivity index (χ4v) is 10.9. The first-order valence-electron chi connectivity index (χ1n) is 38.5. The van der Waals surface area contributed by atoms with Crippen LogP contribution in [0.4, 0.5) is 0 Å². The van der Waals surface area contributed by atoms with Crippen molar-refractivity contribution < 1.29 is 42.1 Å². The third kappa shape index (κ3) is 78.1. The second-order valence-corrected chi connectivity index (χ2v) is 27.7. The smallest absolute Gasteiger partial charge is 0.306 e. The first kappa shape index (κ1) is 91.1. The summed E-state index contributed by atoms with van der Waals surface area (Å²) in [6, 6.07) is 0. The zero-order valence-corrected chi connectivity index (χ0v) is 62.9. The second-order valence-electron chi connectivity index (χ2n) is 26.3. The van der Waals surface area contributed by atoms with Crippen LogP contribution < -0.4 is 4.89 Å². The van der Waals surface area contributed by atoms with Gasteiger partial charge in [-0.2, -0.15) is 0 Å². The molecule has 0 rings (SSSR count). The molecule has 0 radical (unpaired) electrons. The summed E-state index contributed by atoms with van der Waals surface area (Å²) < 4.78 is 34.4. The summed E-state index contributed by atoms with van der Waals surface area (Å²) in [7, 11) is 1.14. The van der Waals surface area contributed by atoms with Crippen molar-refractivity contribution >= 4 is 19.8 Å². The highest BCUT2D eigenvalue weighted by Gasteiger charge is 2.22. The highest BCUT2D eigenvalue weighted by atomic mass is 31.2. The van der Waals surface area contributed by atoms with Crippen LogP contribution in [0, 0.1) is 0 Å². The molecule has 0 amide bonds. The molecule has 2 unspecified atom stereocenters. The number of ether oxygens (including phenoxy) is 2. The number of esters is 2. The predicted molar refractivity (Wildman–Crippen MR) is 415 cm³/mol. The Morgan fingerprint density at radius 3 is 0.833 bits per heavy atom. The van der Waals surface area contributed by atoms with Gasteiger partial charge < -0.3 is 27.9 Å². The van der Waals surface area contributed by atoms with E-state index in [9.17, 15) is 19.0 Å². The molecule has 0 saturated carbocycles. The lowest BCUT2D eigenvalue weighted by Gasteiger charge is -2.28. The Bertz CT molecular complexity index is 2280.